The minimum Gasteiger partial charge on any atom is -0.312 e. The minimum absolute atomic E-state index is 0.667. The van der Waals surface area contributed by atoms with Crippen molar-refractivity contribution in [3.05, 3.63) is 5.82 Å². The maximum Gasteiger partial charge on any atom is 0.203 e. The van der Waals surface area contributed by atoms with Crippen molar-refractivity contribution in [2.24, 2.45) is 0 Å². The number of nitrogens with zero attached hydrogens (tertiary/aromatic N) is 4. The highest BCUT2D eigenvalue weighted by Gasteiger charge is 2.15. The zero-order chi connectivity index (χ0) is 9.03. The molecule has 0 aliphatic heterocycles. The van der Waals surface area contributed by atoms with Crippen molar-refractivity contribution in [2.45, 2.75) is 6.54 Å². The number of aromatic nitrogens is 4. The number of tetrazole rings is 1. The number of terminal acetylenes is 1. The molecule has 5 nitrogen and oxygen atoms in total. The van der Waals surface area contributed by atoms with Crippen LogP contribution < -0.4 is 0 Å². The summed E-state index contributed by atoms with van der Waals surface area (Å²) in [5.41, 5.74) is 0. The molecule has 1 rings (SSSR count). The quantitative estimate of drug-likeness (QED) is 0.482. The van der Waals surface area contributed by atoms with E-state index in [0.29, 0.717) is 11.0 Å². The predicted molar refractivity (Wildman–Crippen MR) is 43.7 cm³/mol. The van der Waals surface area contributed by atoms with Crippen LogP contribution in [0.3, 0.4) is 0 Å². The Morgan fingerprint density at radius 1 is 1.58 bits per heavy atom. The van der Waals surface area contributed by atoms with E-state index in [2.05, 4.69) is 26.5 Å². The molecule has 64 valence electrons. The summed E-state index contributed by atoms with van der Waals surface area (Å²) in [5, 5.41) is 13.4. The van der Waals surface area contributed by atoms with Crippen LogP contribution in [0.15, 0.2) is 0 Å². The van der Waals surface area contributed by atoms with E-state index < -0.39 is 0 Å². The summed E-state index contributed by atoms with van der Waals surface area (Å²) < 4.78 is 0.688. The molecule has 5 heteroatoms. The maximum absolute atomic E-state index is 5.22. The number of hydrogen-bond acceptors (Lipinski definition) is 3. The first-order valence-corrected chi connectivity index (χ1v) is 3.62. The Morgan fingerprint density at radius 3 is 2.83 bits per heavy atom. The molecule has 0 amide bonds. The van der Waals surface area contributed by atoms with Gasteiger partial charge in [0.1, 0.15) is 13.1 Å². The number of hydrogen-bond donors (Lipinski definition) is 1. The van der Waals surface area contributed by atoms with E-state index in [-0.39, 0.29) is 0 Å². The summed E-state index contributed by atoms with van der Waals surface area (Å²) in [5.74, 6) is 3.37. The molecule has 0 aliphatic rings. The molecular weight excluding hydrogens is 154 g/mol. The van der Waals surface area contributed by atoms with Gasteiger partial charge in [-0.1, -0.05) is 0 Å². The molecule has 0 aliphatic carbocycles. The molecule has 1 aromatic heterocycles. The van der Waals surface area contributed by atoms with E-state index in [1.54, 1.807) is 0 Å². The average molecular weight is 166 g/mol. The second-order valence-corrected chi connectivity index (χ2v) is 3.30. The summed E-state index contributed by atoms with van der Waals surface area (Å²) in [7, 11) is 4.06. The summed E-state index contributed by atoms with van der Waals surface area (Å²) in [6.07, 6.45) is 5.22. The van der Waals surface area contributed by atoms with Gasteiger partial charge in [0, 0.05) is 0 Å². The van der Waals surface area contributed by atoms with Gasteiger partial charge in [0.25, 0.3) is 0 Å². The molecule has 12 heavy (non-hydrogen) atoms. The van der Waals surface area contributed by atoms with Gasteiger partial charge in [-0.3, -0.25) is 0 Å². The van der Waals surface area contributed by atoms with Crippen molar-refractivity contribution in [2.75, 3.05) is 20.6 Å². The van der Waals surface area contributed by atoms with Gasteiger partial charge in [-0.2, -0.15) is 0 Å². The topological polar surface area (TPSA) is 54.5 Å². The van der Waals surface area contributed by atoms with Gasteiger partial charge in [-0.25, -0.2) is 5.10 Å². The Balaban J connectivity index is 2.57. The Hall–Kier alpha value is -1.41. The molecule has 0 bridgehead atoms. The molecule has 0 saturated carbocycles. The van der Waals surface area contributed by atoms with Crippen LogP contribution >= 0.6 is 0 Å². The highest BCUT2D eigenvalue weighted by atomic mass is 15.5. The van der Waals surface area contributed by atoms with Crippen LogP contribution in [0.4, 0.5) is 0 Å². The van der Waals surface area contributed by atoms with Gasteiger partial charge in [-0.05, 0) is 16.3 Å². The Bertz CT molecular complexity index is 268. The molecule has 1 N–H and O–H groups in total. The van der Waals surface area contributed by atoms with Crippen LogP contribution in [-0.4, -0.2) is 45.7 Å². The zero-order valence-corrected chi connectivity index (χ0v) is 7.28. The highest BCUT2D eigenvalue weighted by molar-refractivity contribution is 4.84. The van der Waals surface area contributed by atoms with Crippen LogP contribution in [-0.2, 0) is 6.54 Å². The molecule has 0 spiro atoms. The number of quaternary nitrogens is 1. The van der Waals surface area contributed by atoms with Gasteiger partial charge in [0.05, 0.1) is 14.1 Å². The first kappa shape index (κ1) is 8.68. The van der Waals surface area contributed by atoms with Crippen molar-refractivity contribution in [3.63, 3.8) is 0 Å². The second kappa shape index (κ2) is 3.32. The third kappa shape index (κ3) is 2.32. The molecule has 0 aromatic carbocycles. The lowest BCUT2D eigenvalue weighted by atomic mass is 10.4. The fraction of sp³-hybridized carbons (Fsp3) is 0.571. The molecule has 0 atom stereocenters. The van der Waals surface area contributed by atoms with Crippen molar-refractivity contribution in [3.8, 4) is 12.3 Å². The average Bonchev–Trinajstić information content (AvgIpc) is 2.38. The first-order chi connectivity index (χ1) is 5.64. The van der Waals surface area contributed by atoms with Crippen LogP contribution in [0.25, 0.3) is 0 Å². The van der Waals surface area contributed by atoms with Gasteiger partial charge in [0.15, 0.2) is 0 Å². The predicted octanol–water partition coefficient (Wildman–Crippen LogP) is -0.591. The van der Waals surface area contributed by atoms with E-state index in [9.17, 15) is 0 Å². The van der Waals surface area contributed by atoms with Gasteiger partial charge in [-0.15, -0.1) is 11.5 Å². The summed E-state index contributed by atoms with van der Waals surface area (Å²) in [4.78, 5) is 0. The Morgan fingerprint density at radius 2 is 2.33 bits per heavy atom. The molecule has 1 aromatic rings. The number of H-pyrrole nitrogens is 1. The highest BCUT2D eigenvalue weighted by Crippen LogP contribution is 2.01. The van der Waals surface area contributed by atoms with Gasteiger partial charge in [0.2, 0.25) is 5.82 Å². The first-order valence-electron chi connectivity index (χ1n) is 3.62. The van der Waals surface area contributed by atoms with E-state index >= 15 is 0 Å². The fourth-order valence-electron chi connectivity index (χ4n) is 0.954. The van der Waals surface area contributed by atoms with Gasteiger partial charge >= 0.3 is 0 Å². The maximum atomic E-state index is 5.22. The summed E-state index contributed by atoms with van der Waals surface area (Å²) in [6.45, 7) is 1.39. The Labute approximate surface area is 71.4 Å². The third-order valence-corrected chi connectivity index (χ3v) is 1.49. The molecular formula is C7H12N5+. The zero-order valence-electron chi connectivity index (χ0n) is 7.28. The van der Waals surface area contributed by atoms with Crippen molar-refractivity contribution in [1.29, 1.82) is 0 Å². The molecule has 1 heterocycles. The lowest BCUT2D eigenvalue weighted by molar-refractivity contribution is -0.897. The lowest BCUT2D eigenvalue weighted by Crippen LogP contribution is -2.39. The van der Waals surface area contributed by atoms with Crippen LogP contribution in [0, 0.1) is 12.3 Å². The second-order valence-electron chi connectivity index (χ2n) is 3.30. The molecule has 0 saturated heterocycles. The fourth-order valence-corrected chi connectivity index (χ4v) is 0.954. The number of rotatable bonds is 3. The monoisotopic (exact) mass is 166 g/mol. The normalized spacial score (nSPS) is 11.1. The number of nitrogens with one attached hydrogen (secondary N) is 1. The SMILES string of the molecule is C#CC[N+](C)(C)Cc1nnn[nH]1. The third-order valence-electron chi connectivity index (χ3n) is 1.49. The van der Waals surface area contributed by atoms with E-state index in [1.807, 2.05) is 14.1 Å². The lowest BCUT2D eigenvalue weighted by Gasteiger charge is -2.25. The molecule has 0 unspecified atom stereocenters. The van der Waals surface area contributed by atoms with E-state index in [1.165, 1.54) is 0 Å². The number of aromatic amines is 1. The summed E-state index contributed by atoms with van der Waals surface area (Å²) >= 11 is 0. The van der Waals surface area contributed by atoms with Crippen molar-refractivity contribution >= 4 is 0 Å². The molecule has 0 radical (unpaired) electrons. The largest absolute Gasteiger partial charge is 0.312 e. The van der Waals surface area contributed by atoms with Crippen LogP contribution in [0.1, 0.15) is 5.82 Å². The van der Waals surface area contributed by atoms with Crippen molar-refractivity contribution < 1.29 is 4.48 Å². The van der Waals surface area contributed by atoms with Crippen molar-refractivity contribution in [1.82, 2.24) is 20.6 Å². The minimum atomic E-state index is 0.667. The van der Waals surface area contributed by atoms with Gasteiger partial charge < -0.3 is 4.48 Å². The van der Waals surface area contributed by atoms with E-state index in [0.717, 1.165) is 12.4 Å². The van der Waals surface area contributed by atoms with Crippen LogP contribution in [0.2, 0.25) is 0 Å². The summed E-state index contributed by atoms with van der Waals surface area (Å²) in [6, 6.07) is 0. The smallest absolute Gasteiger partial charge is 0.203 e. The van der Waals surface area contributed by atoms with E-state index in [4.69, 9.17) is 6.42 Å². The Kier molecular flexibility index (Phi) is 2.41. The standard InChI is InChI=1S/C7H12N5/c1-4-5-12(2,3)6-7-8-10-11-9-7/h1H,5-6H2,2-3H3,(H,8,9,10,11)/q+1. The van der Waals surface area contributed by atoms with Crippen LogP contribution in [0.5, 0.6) is 0 Å². The molecule has 0 fully saturated rings.